The quantitative estimate of drug-likeness (QED) is 0.247. The Kier molecular flexibility index (Phi) is 5.84. The molecule has 4 rings (SSSR count). The molecular formula is C24H20N4O3. The second kappa shape index (κ2) is 9.04. The molecule has 154 valence electrons. The van der Waals surface area contributed by atoms with Crippen molar-refractivity contribution in [3.63, 3.8) is 0 Å². The van der Waals surface area contributed by atoms with E-state index < -0.39 is 4.92 Å². The molecule has 1 N–H and O–H groups in total. The van der Waals surface area contributed by atoms with Crippen molar-refractivity contribution in [2.45, 2.75) is 13.5 Å². The second-order valence-electron chi connectivity index (χ2n) is 7.00. The summed E-state index contributed by atoms with van der Waals surface area (Å²) < 4.78 is 6.11. The van der Waals surface area contributed by atoms with E-state index in [0.29, 0.717) is 18.2 Å². The summed E-state index contributed by atoms with van der Waals surface area (Å²) in [4.78, 5) is 14.3. The third kappa shape index (κ3) is 4.84. The van der Waals surface area contributed by atoms with Crippen molar-refractivity contribution in [3.8, 4) is 5.75 Å². The van der Waals surface area contributed by atoms with E-state index in [2.05, 4.69) is 34.6 Å². The number of nitro groups is 1. The number of fused-ring (bicyclic) bond motifs is 1. The van der Waals surface area contributed by atoms with Crippen molar-refractivity contribution in [1.29, 1.82) is 0 Å². The highest BCUT2D eigenvalue weighted by molar-refractivity contribution is 6.02. The second-order valence-corrected chi connectivity index (χ2v) is 7.00. The number of pyridine rings is 1. The van der Waals surface area contributed by atoms with Gasteiger partial charge in [0.1, 0.15) is 24.4 Å². The fraction of sp³-hybridized carbons (Fsp3) is 0.0833. The van der Waals surface area contributed by atoms with Gasteiger partial charge in [-0.2, -0.15) is 5.10 Å². The van der Waals surface area contributed by atoms with Crippen molar-refractivity contribution in [2.75, 3.05) is 5.43 Å². The zero-order valence-corrected chi connectivity index (χ0v) is 16.9. The van der Waals surface area contributed by atoms with Gasteiger partial charge in [-0.1, -0.05) is 60.2 Å². The zero-order valence-electron chi connectivity index (χ0n) is 16.9. The summed E-state index contributed by atoms with van der Waals surface area (Å²) in [5.41, 5.74) is 5.85. The predicted molar refractivity (Wildman–Crippen MR) is 122 cm³/mol. The maximum Gasteiger partial charge on any atom is 0.287 e. The molecular weight excluding hydrogens is 392 g/mol. The molecule has 0 fully saturated rings. The molecule has 0 aliphatic heterocycles. The van der Waals surface area contributed by atoms with Crippen LogP contribution in [0, 0.1) is 17.0 Å². The normalized spacial score (nSPS) is 11.0. The topological polar surface area (TPSA) is 89.6 Å². The monoisotopic (exact) mass is 412 g/mol. The van der Waals surface area contributed by atoms with Gasteiger partial charge in [-0.05, 0) is 35.4 Å². The minimum atomic E-state index is -0.492. The summed E-state index contributed by atoms with van der Waals surface area (Å²) in [5.74, 6) is 1.12. The number of aryl methyl sites for hydroxylation is 1. The van der Waals surface area contributed by atoms with E-state index in [1.165, 1.54) is 23.9 Å². The van der Waals surface area contributed by atoms with Gasteiger partial charge in [0.25, 0.3) is 5.69 Å². The number of nitrogens with zero attached hydrogens (tertiary/aromatic N) is 3. The van der Waals surface area contributed by atoms with Crippen LogP contribution in [-0.2, 0) is 6.61 Å². The minimum Gasteiger partial charge on any atom is -0.488 e. The first kappa shape index (κ1) is 20.0. The van der Waals surface area contributed by atoms with Crippen LogP contribution in [0.15, 0.2) is 84.1 Å². The summed E-state index contributed by atoms with van der Waals surface area (Å²) in [6, 6.07) is 23.0. The number of ether oxygens (including phenoxy) is 1. The number of anilines is 1. The summed E-state index contributed by atoms with van der Waals surface area (Å²) in [6.07, 6.45) is 2.86. The zero-order chi connectivity index (χ0) is 21.6. The lowest BCUT2D eigenvalue weighted by atomic mass is 10.0. The van der Waals surface area contributed by atoms with Crippen LogP contribution in [0.1, 0.15) is 16.7 Å². The molecule has 0 amide bonds. The van der Waals surface area contributed by atoms with E-state index in [0.717, 1.165) is 21.9 Å². The Hall–Kier alpha value is -4.26. The molecule has 31 heavy (non-hydrogen) atoms. The van der Waals surface area contributed by atoms with Gasteiger partial charge in [-0.25, -0.2) is 4.98 Å². The highest BCUT2D eigenvalue weighted by Crippen LogP contribution is 2.27. The van der Waals surface area contributed by atoms with Gasteiger partial charge in [0.2, 0.25) is 0 Å². The van der Waals surface area contributed by atoms with Gasteiger partial charge in [-0.3, -0.25) is 15.5 Å². The number of rotatable bonds is 7. The molecule has 0 unspecified atom stereocenters. The molecule has 0 radical (unpaired) electrons. The number of benzene rings is 3. The van der Waals surface area contributed by atoms with Crippen LogP contribution < -0.4 is 10.2 Å². The highest BCUT2D eigenvalue weighted by atomic mass is 16.6. The first-order valence-corrected chi connectivity index (χ1v) is 9.70. The van der Waals surface area contributed by atoms with Gasteiger partial charge in [0, 0.05) is 11.6 Å². The van der Waals surface area contributed by atoms with Crippen molar-refractivity contribution in [3.05, 3.63) is 106 Å². The van der Waals surface area contributed by atoms with Gasteiger partial charge in [0.05, 0.1) is 11.1 Å². The maximum atomic E-state index is 10.8. The molecule has 4 aromatic rings. The van der Waals surface area contributed by atoms with Crippen LogP contribution in [0.5, 0.6) is 5.75 Å². The summed E-state index contributed by atoms with van der Waals surface area (Å²) in [5, 5.41) is 17.1. The molecule has 0 aliphatic carbocycles. The molecule has 1 aromatic heterocycles. The van der Waals surface area contributed by atoms with Crippen molar-refractivity contribution >= 4 is 28.5 Å². The Labute approximate surface area is 179 Å². The number of nitrogens with one attached hydrogen (secondary N) is 1. The molecule has 0 saturated carbocycles. The summed E-state index contributed by atoms with van der Waals surface area (Å²) in [7, 11) is 0. The van der Waals surface area contributed by atoms with Gasteiger partial charge in [-0.15, -0.1) is 0 Å². The van der Waals surface area contributed by atoms with Crippen molar-refractivity contribution in [1.82, 2.24) is 4.98 Å². The maximum absolute atomic E-state index is 10.8. The van der Waals surface area contributed by atoms with Crippen LogP contribution >= 0.6 is 0 Å². The molecule has 0 bridgehead atoms. The van der Waals surface area contributed by atoms with E-state index in [9.17, 15) is 10.1 Å². The Balaban J connectivity index is 1.58. The molecule has 1 heterocycles. The molecule has 0 spiro atoms. The van der Waals surface area contributed by atoms with Crippen LogP contribution in [-0.4, -0.2) is 16.1 Å². The third-order valence-electron chi connectivity index (χ3n) is 4.78. The first-order chi connectivity index (χ1) is 15.1. The highest BCUT2D eigenvalue weighted by Gasteiger charge is 2.08. The number of aromatic nitrogens is 1. The van der Waals surface area contributed by atoms with E-state index in [4.69, 9.17) is 4.74 Å². The lowest BCUT2D eigenvalue weighted by molar-refractivity contribution is -0.385. The largest absolute Gasteiger partial charge is 0.488 e. The Bertz CT molecular complexity index is 1240. The van der Waals surface area contributed by atoms with Gasteiger partial charge < -0.3 is 4.74 Å². The van der Waals surface area contributed by atoms with Gasteiger partial charge in [0.15, 0.2) is 0 Å². The molecule has 0 saturated heterocycles. The summed E-state index contributed by atoms with van der Waals surface area (Å²) >= 11 is 0. The predicted octanol–water partition coefficient (Wildman–Crippen LogP) is 5.48. The van der Waals surface area contributed by atoms with Crippen LogP contribution in [0.2, 0.25) is 0 Å². The van der Waals surface area contributed by atoms with Crippen molar-refractivity contribution < 1.29 is 9.66 Å². The molecule has 7 nitrogen and oxygen atoms in total. The summed E-state index contributed by atoms with van der Waals surface area (Å²) in [6.45, 7) is 2.49. The fourth-order valence-electron chi connectivity index (χ4n) is 3.10. The number of hydrogen-bond acceptors (Lipinski definition) is 6. The molecule has 7 heteroatoms. The average molecular weight is 412 g/mol. The van der Waals surface area contributed by atoms with Gasteiger partial charge >= 0.3 is 0 Å². The first-order valence-electron chi connectivity index (χ1n) is 9.70. The smallest absolute Gasteiger partial charge is 0.287 e. The van der Waals surface area contributed by atoms with Crippen LogP contribution in [0.4, 0.5) is 11.5 Å². The Morgan fingerprint density at radius 3 is 2.61 bits per heavy atom. The molecule has 3 aromatic carbocycles. The minimum absolute atomic E-state index is 0.0737. The molecule has 0 aliphatic rings. The standard InChI is InChI=1S/C24H20N4O3/c1-17-6-8-18(9-7-17)16-31-23-12-10-19-4-2-3-5-21(19)22(23)15-26-27-24-13-11-20(14-25-24)28(29)30/h2-15H,16H2,1H3,(H,25,27)/b26-15+. The Morgan fingerprint density at radius 1 is 1.06 bits per heavy atom. The Morgan fingerprint density at radius 2 is 1.87 bits per heavy atom. The van der Waals surface area contributed by atoms with Crippen LogP contribution in [0.25, 0.3) is 10.8 Å². The number of hydrogen-bond donors (Lipinski definition) is 1. The third-order valence-corrected chi connectivity index (χ3v) is 4.78. The van der Waals surface area contributed by atoms with E-state index in [1.807, 2.05) is 48.5 Å². The average Bonchev–Trinajstić information content (AvgIpc) is 2.79. The number of hydrazone groups is 1. The van der Waals surface area contributed by atoms with E-state index in [-0.39, 0.29) is 5.69 Å². The van der Waals surface area contributed by atoms with Crippen LogP contribution in [0.3, 0.4) is 0 Å². The SMILES string of the molecule is Cc1ccc(COc2ccc3ccccc3c2/C=N/Nc2ccc([N+](=O)[O-])cn2)cc1. The molecule has 0 atom stereocenters. The lowest BCUT2D eigenvalue weighted by Gasteiger charge is -2.12. The van der Waals surface area contributed by atoms with E-state index >= 15 is 0 Å². The fourth-order valence-corrected chi connectivity index (χ4v) is 3.10. The van der Waals surface area contributed by atoms with Crippen molar-refractivity contribution in [2.24, 2.45) is 5.10 Å². The van der Waals surface area contributed by atoms with E-state index in [1.54, 1.807) is 6.21 Å². The lowest BCUT2D eigenvalue weighted by Crippen LogP contribution is -2.00.